The van der Waals surface area contributed by atoms with Gasteiger partial charge in [-0.1, -0.05) is 56.3 Å². The molecule has 0 saturated carbocycles. The first-order valence-electron chi connectivity index (χ1n) is 8.14. The molecule has 0 aliphatic rings. The van der Waals surface area contributed by atoms with Crippen molar-refractivity contribution in [1.82, 2.24) is 5.32 Å². The number of nitrogens with two attached hydrogens (primary N) is 1. The summed E-state index contributed by atoms with van der Waals surface area (Å²) in [4.78, 5) is 12.3. The molecule has 0 heterocycles. The van der Waals surface area contributed by atoms with Gasteiger partial charge in [-0.25, -0.2) is 0 Å². The highest BCUT2D eigenvalue weighted by Crippen LogP contribution is 2.24. The molecule has 0 fully saturated rings. The van der Waals surface area contributed by atoms with Gasteiger partial charge in [0, 0.05) is 12.0 Å². The zero-order chi connectivity index (χ0) is 17.6. The first-order chi connectivity index (χ1) is 11.4. The number of hydrogen-bond donors (Lipinski definition) is 2. The van der Waals surface area contributed by atoms with Crippen LogP contribution in [0.15, 0.2) is 54.6 Å². The number of hydrogen-bond acceptors (Lipinski definition) is 3. The quantitative estimate of drug-likeness (QED) is 0.795. The van der Waals surface area contributed by atoms with Gasteiger partial charge in [0.15, 0.2) is 0 Å². The first kappa shape index (κ1) is 21.0. The topological polar surface area (TPSA) is 64.3 Å². The molecule has 136 valence electrons. The Balaban J connectivity index is 0.00000312. The second-order valence-electron chi connectivity index (χ2n) is 6.63. The lowest BCUT2D eigenvalue weighted by molar-refractivity contribution is -0.122. The SMILES string of the molecule is COc1ccc(C(C)(C)CNC(=O)[C@@H](N)Cc2ccccc2)cc1.Cl. The van der Waals surface area contributed by atoms with Crippen molar-refractivity contribution in [3.05, 3.63) is 65.7 Å². The monoisotopic (exact) mass is 362 g/mol. The van der Waals surface area contributed by atoms with E-state index in [2.05, 4.69) is 19.2 Å². The maximum Gasteiger partial charge on any atom is 0.237 e. The van der Waals surface area contributed by atoms with Gasteiger partial charge in [0.25, 0.3) is 0 Å². The van der Waals surface area contributed by atoms with Crippen molar-refractivity contribution < 1.29 is 9.53 Å². The van der Waals surface area contributed by atoms with Crippen LogP contribution in [0.25, 0.3) is 0 Å². The second-order valence-corrected chi connectivity index (χ2v) is 6.63. The molecule has 1 atom stereocenters. The predicted molar refractivity (Wildman–Crippen MR) is 104 cm³/mol. The first-order valence-corrected chi connectivity index (χ1v) is 8.14. The Hall–Kier alpha value is -2.04. The average molecular weight is 363 g/mol. The maximum atomic E-state index is 12.3. The van der Waals surface area contributed by atoms with Crippen LogP contribution in [0.4, 0.5) is 0 Å². The Bertz CT molecular complexity index is 657. The van der Waals surface area contributed by atoms with E-state index in [1.165, 1.54) is 0 Å². The maximum absolute atomic E-state index is 12.3. The summed E-state index contributed by atoms with van der Waals surface area (Å²) < 4.78 is 5.18. The van der Waals surface area contributed by atoms with Gasteiger partial charge in [0.05, 0.1) is 13.2 Å². The number of carbonyl (C=O) groups is 1. The van der Waals surface area contributed by atoms with Gasteiger partial charge < -0.3 is 15.8 Å². The Morgan fingerprint density at radius 3 is 2.28 bits per heavy atom. The van der Waals surface area contributed by atoms with Gasteiger partial charge in [0.2, 0.25) is 5.91 Å². The number of methoxy groups -OCH3 is 1. The summed E-state index contributed by atoms with van der Waals surface area (Å²) in [5.41, 5.74) is 8.04. The number of amides is 1. The zero-order valence-corrected chi connectivity index (χ0v) is 15.8. The van der Waals surface area contributed by atoms with Crippen LogP contribution in [-0.4, -0.2) is 25.6 Å². The molecule has 0 unspecified atom stereocenters. The van der Waals surface area contributed by atoms with E-state index in [1.54, 1.807) is 7.11 Å². The van der Waals surface area contributed by atoms with Crippen molar-refractivity contribution >= 4 is 18.3 Å². The fourth-order valence-electron chi connectivity index (χ4n) is 2.54. The molecule has 0 saturated heterocycles. The van der Waals surface area contributed by atoms with E-state index in [9.17, 15) is 4.79 Å². The third-order valence-corrected chi connectivity index (χ3v) is 4.21. The fraction of sp³-hybridized carbons (Fsp3) is 0.350. The highest BCUT2D eigenvalue weighted by atomic mass is 35.5. The van der Waals surface area contributed by atoms with Crippen LogP contribution < -0.4 is 15.8 Å². The Kier molecular flexibility index (Phi) is 7.94. The largest absolute Gasteiger partial charge is 0.497 e. The molecule has 0 spiro atoms. The number of rotatable bonds is 7. The standard InChI is InChI=1S/C20H26N2O2.ClH/c1-20(2,16-9-11-17(24-3)12-10-16)14-22-19(23)18(21)13-15-7-5-4-6-8-15;/h4-12,18H,13-14,21H2,1-3H3,(H,22,23);1H/t18-;/m0./s1. The molecule has 1 amide bonds. The van der Waals surface area contributed by atoms with E-state index >= 15 is 0 Å². The van der Waals surface area contributed by atoms with E-state index in [1.807, 2.05) is 54.6 Å². The van der Waals surface area contributed by atoms with Crippen molar-refractivity contribution in [2.24, 2.45) is 5.73 Å². The summed E-state index contributed by atoms with van der Waals surface area (Å²) in [6, 6.07) is 17.2. The minimum atomic E-state index is -0.543. The molecule has 2 rings (SSSR count). The van der Waals surface area contributed by atoms with Crippen molar-refractivity contribution in [3.8, 4) is 5.75 Å². The molecule has 3 N–H and O–H groups in total. The van der Waals surface area contributed by atoms with Crippen LogP contribution in [0, 0.1) is 0 Å². The van der Waals surface area contributed by atoms with Crippen molar-refractivity contribution in [2.45, 2.75) is 31.7 Å². The van der Waals surface area contributed by atoms with E-state index < -0.39 is 6.04 Å². The van der Waals surface area contributed by atoms with E-state index in [0.717, 1.165) is 16.9 Å². The van der Waals surface area contributed by atoms with Crippen LogP contribution >= 0.6 is 12.4 Å². The molecular formula is C20H27ClN2O2. The van der Waals surface area contributed by atoms with E-state index in [-0.39, 0.29) is 23.7 Å². The van der Waals surface area contributed by atoms with Gasteiger partial charge >= 0.3 is 0 Å². The molecule has 0 bridgehead atoms. The molecule has 0 aliphatic carbocycles. The Morgan fingerprint density at radius 2 is 1.72 bits per heavy atom. The third kappa shape index (κ3) is 6.07. The van der Waals surface area contributed by atoms with Gasteiger partial charge in [0.1, 0.15) is 5.75 Å². The molecule has 4 nitrogen and oxygen atoms in total. The number of halogens is 1. The van der Waals surface area contributed by atoms with Crippen LogP contribution in [0.5, 0.6) is 5.75 Å². The summed E-state index contributed by atoms with van der Waals surface area (Å²) in [7, 11) is 1.65. The molecule has 0 radical (unpaired) electrons. The number of nitrogens with one attached hydrogen (secondary N) is 1. The minimum Gasteiger partial charge on any atom is -0.497 e. The molecule has 25 heavy (non-hydrogen) atoms. The minimum absolute atomic E-state index is 0. The van der Waals surface area contributed by atoms with Crippen molar-refractivity contribution in [1.29, 1.82) is 0 Å². The average Bonchev–Trinajstić information content (AvgIpc) is 2.60. The second kappa shape index (κ2) is 9.44. The molecule has 0 aliphatic heterocycles. The molecule has 2 aromatic rings. The lowest BCUT2D eigenvalue weighted by Gasteiger charge is -2.26. The smallest absolute Gasteiger partial charge is 0.237 e. The molecule has 2 aromatic carbocycles. The van der Waals surface area contributed by atoms with Crippen molar-refractivity contribution in [3.63, 3.8) is 0 Å². The summed E-state index contributed by atoms with van der Waals surface area (Å²) in [6.07, 6.45) is 0.537. The fourth-order valence-corrected chi connectivity index (χ4v) is 2.54. The zero-order valence-electron chi connectivity index (χ0n) is 15.0. The number of carbonyl (C=O) groups excluding carboxylic acids is 1. The summed E-state index contributed by atoms with van der Waals surface area (Å²) >= 11 is 0. The lowest BCUT2D eigenvalue weighted by Crippen LogP contribution is -2.46. The number of ether oxygens (including phenoxy) is 1. The highest BCUT2D eigenvalue weighted by molar-refractivity contribution is 5.85. The number of benzene rings is 2. The lowest BCUT2D eigenvalue weighted by atomic mass is 9.84. The summed E-state index contributed by atoms with van der Waals surface area (Å²) in [6.45, 7) is 4.72. The van der Waals surface area contributed by atoms with Crippen molar-refractivity contribution in [2.75, 3.05) is 13.7 Å². The molecule has 0 aromatic heterocycles. The van der Waals surface area contributed by atoms with E-state index in [4.69, 9.17) is 10.5 Å². The normalized spacial score (nSPS) is 12.0. The van der Waals surface area contributed by atoms with Gasteiger partial charge in [-0.15, -0.1) is 12.4 Å². The van der Waals surface area contributed by atoms with Gasteiger partial charge in [-0.05, 0) is 29.7 Å². The van der Waals surface area contributed by atoms with Gasteiger partial charge in [-0.2, -0.15) is 0 Å². The van der Waals surface area contributed by atoms with Crippen LogP contribution in [0.2, 0.25) is 0 Å². The van der Waals surface area contributed by atoms with Crippen LogP contribution in [0.3, 0.4) is 0 Å². The van der Waals surface area contributed by atoms with Gasteiger partial charge in [-0.3, -0.25) is 4.79 Å². The highest BCUT2D eigenvalue weighted by Gasteiger charge is 2.23. The summed E-state index contributed by atoms with van der Waals surface area (Å²) in [5, 5.41) is 2.97. The Labute approximate surface area is 156 Å². The Morgan fingerprint density at radius 1 is 1.12 bits per heavy atom. The predicted octanol–water partition coefficient (Wildman–Crippen LogP) is 3.08. The van der Waals surface area contributed by atoms with Crippen LogP contribution in [-0.2, 0) is 16.6 Å². The molecular weight excluding hydrogens is 336 g/mol. The summed E-state index contributed by atoms with van der Waals surface area (Å²) in [5.74, 6) is 0.698. The van der Waals surface area contributed by atoms with Crippen LogP contribution in [0.1, 0.15) is 25.0 Å². The van der Waals surface area contributed by atoms with E-state index in [0.29, 0.717) is 13.0 Å². The third-order valence-electron chi connectivity index (χ3n) is 4.21. The molecule has 5 heteroatoms.